The minimum atomic E-state index is -1.46. The average molecular weight is 556 g/mol. The highest BCUT2D eigenvalue weighted by atomic mass is 16.2. The lowest BCUT2D eigenvalue weighted by atomic mass is 9.68. The molecule has 0 radical (unpaired) electrons. The normalized spacial score (nSPS) is 23.0. The lowest BCUT2D eigenvalue weighted by Crippen LogP contribution is -2.70. The maximum atomic E-state index is 13.6. The number of carbonyl (C=O) groups is 6. The summed E-state index contributed by atoms with van der Waals surface area (Å²) >= 11 is 0. The van der Waals surface area contributed by atoms with Gasteiger partial charge in [0.1, 0.15) is 5.57 Å². The Morgan fingerprint density at radius 1 is 0.927 bits per heavy atom. The SMILES string of the molecule is Cc1cccc(N2C(=O)NC(=O)C(=Cc3ccc4c(c3)CC3(C(=O)N(C)C(=O)N(C)C3=O)C3CCCN43)C2=O)c1C. The van der Waals surface area contributed by atoms with E-state index in [0.29, 0.717) is 29.8 Å². The standard InChI is InChI=1S/C30H29N5O6/c1-16-7-5-8-21(17(16)2)35-25(37)20(24(36)31-28(35)40)14-18-10-11-22-19(13-18)15-30(23-9-6-12-34(22)23)26(38)32(3)29(41)33(4)27(30)39/h5,7-8,10-11,13-14,23H,6,9,12,15H2,1-4H3,(H,31,36,40). The minimum absolute atomic E-state index is 0.0768. The van der Waals surface area contributed by atoms with Crippen LogP contribution in [0.25, 0.3) is 6.08 Å². The van der Waals surface area contributed by atoms with Crippen molar-refractivity contribution in [2.24, 2.45) is 5.41 Å². The van der Waals surface area contributed by atoms with Crippen molar-refractivity contribution < 1.29 is 28.8 Å². The summed E-state index contributed by atoms with van der Waals surface area (Å²) < 4.78 is 0. The largest absolute Gasteiger partial charge is 0.367 e. The van der Waals surface area contributed by atoms with Crippen molar-refractivity contribution >= 4 is 53.1 Å². The Kier molecular flexibility index (Phi) is 5.88. The second kappa shape index (κ2) is 9.12. The molecule has 4 heterocycles. The number of aryl methyl sites for hydroxylation is 1. The molecule has 1 atom stereocenters. The number of imide groups is 4. The molecule has 0 bridgehead atoms. The fourth-order valence-electron chi connectivity index (χ4n) is 6.65. The molecule has 2 aromatic rings. The molecule has 3 fully saturated rings. The van der Waals surface area contributed by atoms with Gasteiger partial charge < -0.3 is 4.90 Å². The molecule has 210 valence electrons. The summed E-state index contributed by atoms with van der Waals surface area (Å²) in [4.78, 5) is 83.9. The molecule has 4 aliphatic heterocycles. The molecule has 8 amide bonds. The van der Waals surface area contributed by atoms with Crippen LogP contribution in [0.4, 0.5) is 21.0 Å². The van der Waals surface area contributed by atoms with E-state index in [4.69, 9.17) is 0 Å². The van der Waals surface area contributed by atoms with E-state index in [2.05, 4.69) is 10.2 Å². The van der Waals surface area contributed by atoms with Gasteiger partial charge in [0.25, 0.3) is 11.8 Å². The molecule has 3 saturated heterocycles. The Labute approximate surface area is 236 Å². The monoisotopic (exact) mass is 555 g/mol. The van der Waals surface area contributed by atoms with Crippen molar-refractivity contribution in [1.29, 1.82) is 0 Å². The van der Waals surface area contributed by atoms with Gasteiger partial charge >= 0.3 is 12.1 Å². The van der Waals surface area contributed by atoms with Crippen molar-refractivity contribution in [1.82, 2.24) is 15.1 Å². The first-order chi connectivity index (χ1) is 19.5. The van der Waals surface area contributed by atoms with E-state index in [1.807, 2.05) is 19.1 Å². The molecular formula is C30H29N5O6. The van der Waals surface area contributed by atoms with E-state index in [1.54, 1.807) is 31.2 Å². The zero-order chi connectivity index (χ0) is 29.4. The van der Waals surface area contributed by atoms with E-state index < -0.39 is 41.1 Å². The van der Waals surface area contributed by atoms with Crippen molar-refractivity contribution in [2.75, 3.05) is 30.4 Å². The fraction of sp³-hybridized carbons (Fsp3) is 0.333. The quantitative estimate of drug-likeness (QED) is 0.343. The first-order valence-corrected chi connectivity index (χ1v) is 13.4. The maximum absolute atomic E-state index is 13.6. The van der Waals surface area contributed by atoms with Gasteiger partial charge in [-0.25, -0.2) is 14.5 Å². The van der Waals surface area contributed by atoms with E-state index >= 15 is 0 Å². The third-order valence-electron chi connectivity index (χ3n) is 8.88. The molecule has 0 saturated carbocycles. The van der Waals surface area contributed by atoms with Gasteiger partial charge in [0.15, 0.2) is 5.41 Å². The van der Waals surface area contributed by atoms with Gasteiger partial charge in [-0.05, 0) is 79.6 Å². The topological polar surface area (TPSA) is 127 Å². The summed E-state index contributed by atoms with van der Waals surface area (Å²) in [5, 5.41) is 2.26. The van der Waals surface area contributed by atoms with Crippen LogP contribution >= 0.6 is 0 Å². The fourth-order valence-corrected chi connectivity index (χ4v) is 6.65. The number of amides is 8. The summed E-state index contributed by atoms with van der Waals surface area (Å²) in [5.74, 6) is -2.61. The predicted octanol–water partition coefficient (Wildman–Crippen LogP) is 2.53. The number of hydrogen-bond acceptors (Lipinski definition) is 7. The summed E-state index contributed by atoms with van der Waals surface area (Å²) in [6.07, 6.45) is 2.91. The van der Waals surface area contributed by atoms with Crippen molar-refractivity contribution in [3.63, 3.8) is 0 Å². The van der Waals surface area contributed by atoms with Crippen molar-refractivity contribution in [3.8, 4) is 0 Å². The third-order valence-corrected chi connectivity index (χ3v) is 8.88. The second-order valence-corrected chi connectivity index (χ2v) is 11.1. The number of fused-ring (bicyclic) bond motifs is 4. The van der Waals surface area contributed by atoms with E-state index in [-0.39, 0.29) is 18.0 Å². The van der Waals surface area contributed by atoms with Gasteiger partial charge in [-0.1, -0.05) is 18.2 Å². The van der Waals surface area contributed by atoms with Crippen LogP contribution in [0.1, 0.15) is 35.1 Å². The van der Waals surface area contributed by atoms with Gasteiger partial charge in [0, 0.05) is 26.3 Å². The van der Waals surface area contributed by atoms with Gasteiger partial charge in [-0.2, -0.15) is 0 Å². The first kappa shape index (κ1) is 26.4. The zero-order valence-electron chi connectivity index (χ0n) is 23.2. The molecule has 0 aliphatic carbocycles. The Hall–Kier alpha value is -4.80. The molecule has 1 N–H and O–H groups in total. The summed E-state index contributed by atoms with van der Waals surface area (Å²) in [6, 6.07) is 8.76. The average Bonchev–Trinajstić information content (AvgIpc) is 3.45. The second-order valence-electron chi connectivity index (χ2n) is 11.1. The highest BCUT2D eigenvalue weighted by Gasteiger charge is 2.63. The molecule has 11 nitrogen and oxygen atoms in total. The summed E-state index contributed by atoms with van der Waals surface area (Å²) in [6.45, 7) is 4.31. The van der Waals surface area contributed by atoms with Crippen LogP contribution in [0.3, 0.4) is 0 Å². The number of carbonyl (C=O) groups excluding carboxylic acids is 6. The molecule has 6 rings (SSSR count). The number of barbiturate groups is 2. The van der Waals surface area contributed by atoms with Crippen LogP contribution in [-0.4, -0.2) is 72.2 Å². The zero-order valence-corrected chi connectivity index (χ0v) is 23.2. The molecular weight excluding hydrogens is 526 g/mol. The predicted molar refractivity (Wildman–Crippen MR) is 149 cm³/mol. The lowest BCUT2D eigenvalue weighted by Gasteiger charge is -2.50. The highest BCUT2D eigenvalue weighted by Crippen LogP contribution is 2.49. The van der Waals surface area contributed by atoms with Crippen molar-refractivity contribution in [3.05, 3.63) is 64.2 Å². The van der Waals surface area contributed by atoms with Crippen molar-refractivity contribution in [2.45, 2.75) is 39.2 Å². The molecule has 1 unspecified atom stereocenters. The number of urea groups is 2. The Bertz CT molecular complexity index is 1600. The molecule has 11 heteroatoms. The van der Waals surface area contributed by atoms with Gasteiger partial charge in [-0.15, -0.1) is 0 Å². The first-order valence-electron chi connectivity index (χ1n) is 13.4. The summed E-state index contributed by atoms with van der Waals surface area (Å²) in [5.41, 5.74) is 2.39. The van der Waals surface area contributed by atoms with Gasteiger partial charge in [0.05, 0.1) is 11.7 Å². The van der Waals surface area contributed by atoms with Crippen LogP contribution < -0.4 is 15.1 Å². The smallest absolute Gasteiger partial charge is 0.335 e. The van der Waals surface area contributed by atoms with Gasteiger partial charge in [-0.3, -0.25) is 34.3 Å². The van der Waals surface area contributed by atoms with Gasteiger partial charge in [0.2, 0.25) is 11.8 Å². The molecule has 4 aliphatic rings. The Morgan fingerprint density at radius 3 is 2.34 bits per heavy atom. The van der Waals surface area contributed by atoms with E-state index in [0.717, 1.165) is 37.9 Å². The Balaban J connectivity index is 1.42. The lowest BCUT2D eigenvalue weighted by molar-refractivity contribution is -0.159. The van der Waals surface area contributed by atoms with E-state index in [9.17, 15) is 28.8 Å². The van der Waals surface area contributed by atoms with Crippen LogP contribution in [0.2, 0.25) is 0 Å². The minimum Gasteiger partial charge on any atom is -0.367 e. The number of nitrogens with zero attached hydrogens (tertiary/aromatic N) is 4. The number of benzene rings is 2. The Morgan fingerprint density at radius 2 is 1.63 bits per heavy atom. The maximum Gasteiger partial charge on any atom is 0.335 e. The number of rotatable bonds is 2. The van der Waals surface area contributed by atoms with Crippen LogP contribution in [0, 0.1) is 19.3 Å². The third kappa shape index (κ3) is 3.64. The van der Waals surface area contributed by atoms with Crippen LogP contribution in [0.15, 0.2) is 42.0 Å². The van der Waals surface area contributed by atoms with Crippen LogP contribution in [-0.2, 0) is 25.6 Å². The molecule has 0 aromatic heterocycles. The molecule has 1 spiro atoms. The van der Waals surface area contributed by atoms with Crippen LogP contribution in [0.5, 0.6) is 0 Å². The number of anilines is 2. The highest BCUT2D eigenvalue weighted by molar-refractivity contribution is 6.39. The summed E-state index contributed by atoms with van der Waals surface area (Å²) in [7, 11) is 2.78. The molecule has 2 aromatic carbocycles. The molecule has 41 heavy (non-hydrogen) atoms. The van der Waals surface area contributed by atoms with E-state index in [1.165, 1.54) is 20.2 Å². The number of nitrogens with one attached hydrogen (secondary N) is 1. The number of hydrogen-bond donors (Lipinski definition) is 1.